The van der Waals surface area contributed by atoms with Crippen LogP contribution in [0.5, 0.6) is 5.75 Å². The molecule has 1 amide bonds. The molecule has 0 aliphatic carbocycles. The number of methoxy groups -OCH3 is 1. The molecule has 4 rings (SSSR count). The maximum atomic E-state index is 13.5. The normalized spacial score (nSPS) is 15.7. The predicted octanol–water partition coefficient (Wildman–Crippen LogP) is 5.45. The summed E-state index contributed by atoms with van der Waals surface area (Å²) in [6.45, 7) is -0.0396. The zero-order valence-electron chi connectivity index (χ0n) is 16.4. The second kappa shape index (κ2) is 8.43. The first-order valence-electron chi connectivity index (χ1n) is 9.04. The Hall–Kier alpha value is -2.72. The molecule has 3 aromatic rings. The number of fused-ring (bicyclic) bond motifs is 1. The molecule has 2 aromatic carbocycles. The fourth-order valence-electron chi connectivity index (χ4n) is 3.20. The van der Waals surface area contributed by atoms with Gasteiger partial charge in [0.15, 0.2) is 0 Å². The van der Waals surface area contributed by atoms with E-state index in [4.69, 9.17) is 4.74 Å². The molecule has 10 heteroatoms. The van der Waals surface area contributed by atoms with Crippen LogP contribution in [0, 0.1) is 0 Å². The summed E-state index contributed by atoms with van der Waals surface area (Å²) in [5.41, 5.74) is 0.829. The molecule has 0 N–H and O–H groups in total. The van der Waals surface area contributed by atoms with Gasteiger partial charge in [0.1, 0.15) is 10.1 Å². The van der Waals surface area contributed by atoms with Gasteiger partial charge in [0.25, 0.3) is 5.91 Å². The number of aromatic nitrogens is 2. The number of aliphatic imine (C=N–C) groups is 1. The first-order chi connectivity index (χ1) is 14.8. The van der Waals surface area contributed by atoms with Crippen LogP contribution in [0.25, 0.3) is 17.0 Å². The van der Waals surface area contributed by atoms with Gasteiger partial charge in [0.2, 0.25) is 0 Å². The molecular formula is C21H16F3N3O2S2. The topological polar surface area (TPSA) is 56.5 Å². The van der Waals surface area contributed by atoms with Crippen LogP contribution in [0.3, 0.4) is 0 Å². The van der Waals surface area contributed by atoms with Crippen molar-refractivity contribution in [3.05, 3.63) is 64.2 Å². The minimum Gasteiger partial charge on any atom is -0.497 e. The Morgan fingerprint density at radius 2 is 2.03 bits per heavy atom. The maximum absolute atomic E-state index is 13.5. The quantitative estimate of drug-likeness (QED) is 0.482. The molecule has 0 saturated carbocycles. The van der Waals surface area contributed by atoms with Crippen molar-refractivity contribution in [1.82, 2.24) is 9.78 Å². The highest BCUT2D eigenvalue weighted by molar-refractivity contribution is 8.40. The van der Waals surface area contributed by atoms with Gasteiger partial charge in [-0.15, -0.1) is 11.8 Å². The second-order valence-electron chi connectivity index (χ2n) is 6.64. The molecule has 5 nitrogen and oxygen atoms in total. The number of ether oxygens (including phenoxy) is 1. The van der Waals surface area contributed by atoms with Crippen LogP contribution in [0.4, 0.5) is 13.2 Å². The average molecular weight is 464 g/mol. The van der Waals surface area contributed by atoms with Crippen LogP contribution in [-0.2, 0) is 17.5 Å². The number of alkyl halides is 3. The molecule has 0 bridgehead atoms. The van der Waals surface area contributed by atoms with Crippen molar-refractivity contribution < 1.29 is 22.7 Å². The minimum atomic E-state index is -4.50. The maximum Gasteiger partial charge on any atom is 0.416 e. The van der Waals surface area contributed by atoms with Crippen LogP contribution in [-0.4, -0.2) is 33.4 Å². The van der Waals surface area contributed by atoms with E-state index < -0.39 is 11.7 Å². The first-order valence-corrected chi connectivity index (χ1v) is 11.1. The van der Waals surface area contributed by atoms with Gasteiger partial charge in [-0.1, -0.05) is 23.9 Å². The van der Waals surface area contributed by atoms with Gasteiger partial charge in [-0.25, -0.2) is 0 Å². The third-order valence-electron chi connectivity index (χ3n) is 4.68. The van der Waals surface area contributed by atoms with Crippen molar-refractivity contribution in [1.29, 1.82) is 0 Å². The van der Waals surface area contributed by atoms with Crippen molar-refractivity contribution in [2.45, 2.75) is 12.7 Å². The van der Waals surface area contributed by atoms with Crippen LogP contribution in [0.15, 0.2) is 52.5 Å². The number of rotatable bonds is 4. The molecule has 160 valence electrons. The Morgan fingerprint density at radius 1 is 1.23 bits per heavy atom. The molecule has 0 atom stereocenters. The number of halogens is 3. The largest absolute Gasteiger partial charge is 0.497 e. The van der Waals surface area contributed by atoms with E-state index in [0.29, 0.717) is 14.8 Å². The van der Waals surface area contributed by atoms with E-state index in [1.165, 1.54) is 47.4 Å². The fraction of sp³-hybridized carbons (Fsp3) is 0.190. The lowest BCUT2D eigenvalue weighted by Crippen LogP contribution is -2.12. The number of carbonyl (C=O) groups excluding carboxylic acids is 1. The van der Waals surface area contributed by atoms with Gasteiger partial charge in [-0.2, -0.15) is 23.3 Å². The van der Waals surface area contributed by atoms with Gasteiger partial charge in [-0.3, -0.25) is 9.48 Å². The molecular weight excluding hydrogens is 447 g/mol. The minimum absolute atomic E-state index is 0.0396. The number of amides is 1. The Kier molecular flexibility index (Phi) is 5.85. The Labute approximate surface area is 184 Å². The summed E-state index contributed by atoms with van der Waals surface area (Å²) < 4.78 is 47.7. The number of hydrogen-bond donors (Lipinski definition) is 0. The van der Waals surface area contributed by atoms with Gasteiger partial charge < -0.3 is 4.74 Å². The molecule has 1 aliphatic heterocycles. The zero-order chi connectivity index (χ0) is 22.2. The van der Waals surface area contributed by atoms with Crippen molar-refractivity contribution in [3.8, 4) is 5.75 Å². The lowest BCUT2D eigenvalue weighted by Gasteiger charge is -2.14. The average Bonchev–Trinajstić information content (AvgIpc) is 3.30. The fourth-order valence-corrected chi connectivity index (χ4v) is 4.62. The summed E-state index contributed by atoms with van der Waals surface area (Å²) in [6.07, 6.45) is 0.703. The van der Waals surface area contributed by atoms with Crippen molar-refractivity contribution in [3.63, 3.8) is 0 Å². The number of hydrogen-bond acceptors (Lipinski definition) is 5. The van der Waals surface area contributed by atoms with Crippen LogP contribution in [0.2, 0.25) is 0 Å². The standard InChI is InChI=1S/C21H16F3N3O2S2/c1-29-15-5-4-13(16(9-15)21(22,23)24)11-27-17-6-3-12(7-14(17)10-25-27)8-18-19(28)26-20(30-2)31-18/h3-10H,11H2,1-2H3/b18-8-. The summed E-state index contributed by atoms with van der Waals surface area (Å²) in [7, 11) is 1.33. The van der Waals surface area contributed by atoms with E-state index in [-0.39, 0.29) is 23.8 Å². The van der Waals surface area contributed by atoms with E-state index in [0.717, 1.165) is 17.0 Å². The molecule has 2 heterocycles. The number of carbonyl (C=O) groups is 1. The van der Waals surface area contributed by atoms with Crippen molar-refractivity contribution in [2.75, 3.05) is 13.4 Å². The third-order valence-corrected chi connectivity index (χ3v) is 6.65. The highest BCUT2D eigenvalue weighted by Crippen LogP contribution is 2.35. The lowest BCUT2D eigenvalue weighted by atomic mass is 10.1. The Morgan fingerprint density at radius 3 is 2.71 bits per heavy atom. The highest BCUT2D eigenvalue weighted by Gasteiger charge is 2.34. The third kappa shape index (κ3) is 4.49. The summed E-state index contributed by atoms with van der Waals surface area (Å²) >= 11 is 2.73. The van der Waals surface area contributed by atoms with Gasteiger partial charge >= 0.3 is 6.18 Å². The van der Waals surface area contributed by atoms with Crippen molar-refractivity contribution in [2.24, 2.45) is 4.99 Å². The summed E-state index contributed by atoms with van der Waals surface area (Å²) in [6, 6.07) is 9.33. The first kappa shape index (κ1) is 21.5. The Bertz CT molecular complexity index is 1230. The second-order valence-corrected chi connectivity index (χ2v) is 8.72. The summed E-state index contributed by atoms with van der Waals surface area (Å²) in [5, 5.41) is 5.03. The van der Waals surface area contributed by atoms with E-state index >= 15 is 0 Å². The molecule has 0 radical (unpaired) electrons. The monoisotopic (exact) mass is 463 g/mol. The van der Waals surface area contributed by atoms with E-state index in [2.05, 4.69) is 10.1 Å². The molecule has 1 aliphatic rings. The molecule has 1 aromatic heterocycles. The molecule has 0 saturated heterocycles. The van der Waals surface area contributed by atoms with Crippen LogP contribution < -0.4 is 4.74 Å². The molecule has 0 fully saturated rings. The molecule has 0 spiro atoms. The summed E-state index contributed by atoms with van der Waals surface area (Å²) in [5.74, 6) is -0.128. The lowest BCUT2D eigenvalue weighted by molar-refractivity contribution is -0.138. The molecule has 0 unspecified atom stereocenters. The predicted molar refractivity (Wildman–Crippen MR) is 118 cm³/mol. The number of nitrogens with zero attached hydrogens (tertiary/aromatic N) is 3. The zero-order valence-corrected chi connectivity index (χ0v) is 18.1. The van der Waals surface area contributed by atoms with E-state index in [1.54, 1.807) is 24.4 Å². The van der Waals surface area contributed by atoms with Crippen LogP contribution in [0.1, 0.15) is 16.7 Å². The summed E-state index contributed by atoms with van der Waals surface area (Å²) in [4.78, 5) is 16.5. The SMILES string of the molecule is COc1ccc(Cn2ncc3cc(/C=C4\SC(SC)=NC4=O)ccc32)c(C(F)(F)F)c1. The highest BCUT2D eigenvalue weighted by atomic mass is 32.2. The van der Waals surface area contributed by atoms with E-state index in [9.17, 15) is 18.0 Å². The molecule has 31 heavy (non-hydrogen) atoms. The van der Waals surface area contributed by atoms with Crippen LogP contribution >= 0.6 is 23.5 Å². The van der Waals surface area contributed by atoms with Gasteiger partial charge in [0.05, 0.1) is 35.8 Å². The smallest absolute Gasteiger partial charge is 0.416 e. The van der Waals surface area contributed by atoms with E-state index in [1.807, 2.05) is 12.3 Å². The van der Waals surface area contributed by atoms with Gasteiger partial charge in [0, 0.05) is 5.39 Å². The number of thioether (sulfide) groups is 2. The van der Waals surface area contributed by atoms with Crippen molar-refractivity contribution >= 4 is 50.8 Å². The van der Waals surface area contributed by atoms with Gasteiger partial charge in [-0.05, 0) is 47.7 Å². The number of benzene rings is 2. The Balaban J connectivity index is 1.64.